The minimum atomic E-state index is -0.220. The van der Waals surface area contributed by atoms with Crippen molar-refractivity contribution in [3.8, 4) is 17.0 Å². The molecule has 0 unspecified atom stereocenters. The van der Waals surface area contributed by atoms with Gasteiger partial charge in [-0.1, -0.05) is 11.6 Å². The smallest absolute Gasteiger partial charge is 0.252 e. The van der Waals surface area contributed by atoms with Crippen LogP contribution in [-0.2, 0) is 6.54 Å². The number of methoxy groups -OCH3 is 1. The van der Waals surface area contributed by atoms with Gasteiger partial charge in [-0.25, -0.2) is 0 Å². The fourth-order valence-corrected chi connectivity index (χ4v) is 2.53. The summed E-state index contributed by atoms with van der Waals surface area (Å²) in [6.07, 6.45) is 0.779. The van der Waals surface area contributed by atoms with Crippen LogP contribution in [0.1, 0.15) is 12.0 Å². The van der Waals surface area contributed by atoms with Crippen LogP contribution in [0.15, 0.2) is 29.1 Å². The SMILES string of the molecule is COc1ccc(C)cc1-c1cc(=O)[nH]c(=S)n1CCCN. The van der Waals surface area contributed by atoms with Crippen LogP contribution in [0.25, 0.3) is 11.3 Å². The predicted octanol–water partition coefficient (Wildman–Crippen LogP) is 2.24. The van der Waals surface area contributed by atoms with E-state index in [9.17, 15) is 4.79 Å². The summed E-state index contributed by atoms with van der Waals surface area (Å²) in [5, 5.41) is 0. The van der Waals surface area contributed by atoms with Crippen LogP contribution in [0.4, 0.5) is 0 Å². The van der Waals surface area contributed by atoms with Gasteiger partial charge in [0.05, 0.1) is 12.8 Å². The Kier molecular flexibility index (Phi) is 4.93. The molecule has 0 aliphatic rings. The molecule has 0 spiro atoms. The lowest BCUT2D eigenvalue weighted by Gasteiger charge is -2.16. The number of nitrogens with two attached hydrogens (primary N) is 1. The van der Waals surface area contributed by atoms with E-state index in [1.165, 1.54) is 0 Å². The van der Waals surface area contributed by atoms with Crippen molar-refractivity contribution in [3.63, 3.8) is 0 Å². The average Bonchev–Trinajstić information content (AvgIpc) is 2.45. The monoisotopic (exact) mass is 305 g/mol. The summed E-state index contributed by atoms with van der Waals surface area (Å²) in [5.41, 5.74) is 8.05. The molecule has 0 aliphatic heterocycles. The highest BCUT2D eigenvalue weighted by molar-refractivity contribution is 7.71. The molecule has 6 heteroatoms. The zero-order valence-electron chi connectivity index (χ0n) is 12.2. The van der Waals surface area contributed by atoms with Gasteiger partial charge in [0.2, 0.25) is 0 Å². The van der Waals surface area contributed by atoms with Gasteiger partial charge in [0.25, 0.3) is 5.56 Å². The molecule has 5 nitrogen and oxygen atoms in total. The Morgan fingerprint density at radius 1 is 1.38 bits per heavy atom. The fraction of sp³-hybridized carbons (Fsp3) is 0.333. The van der Waals surface area contributed by atoms with Crippen molar-refractivity contribution >= 4 is 12.2 Å². The average molecular weight is 305 g/mol. The van der Waals surface area contributed by atoms with Gasteiger partial charge in [-0.05, 0) is 44.2 Å². The van der Waals surface area contributed by atoms with Crippen molar-refractivity contribution in [3.05, 3.63) is 45.0 Å². The molecule has 3 N–H and O–H groups in total. The third kappa shape index (κ3) is 3.40. The van der Waals surface area contributed by atoms with Crippen molar-refractivity contribution in [1.29, 1.82) is 0 Å². The summed E-state index contributed by atoms with van der Waals surface area (Å²) in [6, 6.07) is 7.39. The Hall–Kier alpha value is -1.92. The first-order valence-electron chi connectivity index (χ1n) is 6.76. The molecule has 2 rings (SSSR count). The van der Waals surface area contributed by atoms with E-state index in [4.69, 9.17) is 22.7 Å². The topological polar surface area (TPSA) is 73.0 Å². The zero-order chi connectivity index (χ0) is 15.4. The first-order chi connectivity index (χ1) is 10.1. The number of benzene rings is 1. The van der Waals surface area contributed by atoms with E-state index in [-0.39, 0.29) is 5.56 Å². The third-order valence-electron chi connectivity index (χ3n) is 3.25. The van der Waals surface area contributed by atoms with E-state index in [2.05, 4.69) is 4.98 Å². The van der Waals surface area contributed by atoms with Crippen LogP contribution in [0, 0.1) is 11.7 Å². The Morgan fingerprint density at radius 3 is 2.81 bits per heavy atom. The molecule has 0 aliphatic carbocycles. The highest BCUT2D eigenvalue weighted by Crippen LogP contribution is 2.30. The summed E-state index contributed by atoms with van der Waals surface area (Å²) in [4.78, 5) is 14.4. The van der Waals surface area contributed by atoms with Crippen molar-refractivity contribution < 1.29 is 4.74 Å². The highest BCUT2D eigenvalue weighted by Gasteiger charge is 2.12. The zero-order valence-corrected chi connectivity index (χ0v) is 13.0. The molecule has 0 fully saturated rings. The van der Waals surface area contributed by atoms with Gasteiger partial charge in [-0.2, -0.15) is 0 Å². The molecule has 0 saturated carbocycles. The van der Waals surface area contributed by atoms with Crippen LogP contribution < -0.4 is 16.0 Å². The summed E-state index contributed by atoms with van der Waals surface area (Å²) in [6.45, 7) is 3.21. The lowest BCUT2D eigenvalue weighted by molar-refractivity contribution is 0.415. The van der Waals surface area contributed by atoms with Gasteiger partial charge >= 0.3 is 0 Å². The lowest BCUT2D eigenvalue weighted by Crippen LogP contribution is -2.16. The van der Waals surface area contributed by atoms with Gasteiger partial charge in [0.1, 0.15) is 5.75 Å². The van der Waals surface area contributed by atoms with E-state index < -0.39 is 0 Å². The summed E-state index contributed by atoms with van der Waals surface area (Å²) in [5.74, 6) is 0.710. The van der Waals surface area contributed by atoms with Gasteiger partial charge in [0.15, 0.2) is 4.77 Å². The van der Waals surface area contributed by atoms with Crippen molar-refractivity contribution in [2.75, 3.05) is 13.7 Å². The minimum absolute atomic E-state index is 0.220. The molecule has 21 heavy (non-hydrogen) atoms. The number of aromatic amines is 1. The first kappa shape index (κ1) is 15.5. The number of aryl methyl sites for hydroxylation is 1. The summed E-state index contributed by atoms with van der Waals surface area (Å²) in [7, 11) is 1.61. The minimum Gasteiger partial charge on any atom is -0.496 e. The number of hydrogen-bond donors (Lipinski definition) is 2. The number of nitrogens with zero attached hydrogens (tertiary/aromatic N) is 1. The second-order valence-electron chi connectivity index (χ2n) is 4.82. The van der Waals surface area contributed by atoms with E-state index in [0.717, 1.165) is 23.2 Å². The molecule has 1 heterocycles. The van der Waals surface area contributed by atoms with Crippen LogP contribution in [0.2, 0.25) is 0 Å². The standard InChI is InChI=1S/C15H19N3O2S/c1-10-4-5-13(20-2)11(8-10)12-9-14(19)17-15(21)18(12)7-3-6-16/h4-5,8-9H,3,6-7,16H2,1-2H3,(H,17,19,21). The molecular weight excluding hydrogens is 286 g/mol. The third-order valence-corrected chi connectivity index (χ3v) is 3.57. The lowest BCUT2D eigenvalue weighted by atomic mass is 10.1. The van der Waals surface area contributed by atoms with Crippen LogP contribution >= 0.6 is 12.2 Å². The number of ether oxygens (including phenoxy) is 1. The number of rotatable bonds is 5. The first-order valence-corrected chi connectivity index (χ1v) is 7.17. The highest BCUT2D eigenvalue weighted by atomic mass is 32.1. The van der Waals surface area contributed by atoms with Crippen LogP contribution in [0.3, 0.4) is 0 Å². The van der Waals surface area contributed by atoms with Crippen LogP contribution in [-0.4, -0.2) is 23.2 Å². The van der Waals surface area contributed by atoms with E-state index >= 15 is 0 Å². The van der Waals surface area contributed by atoms with Gasteiger partial charge in [-0.15, -0.1) is 0 Å². The molecule has 112 valence electrons. The molecule has 0 bridgehead atoms. The quantitative estimate of drug-likeness (QED) is 0.831. The fourth-order valence-electron chi connectivity index (χ4n) is 2.24. The molecule has 0 amide bonds. The number of aromatic nitrogens is 2. The predicted molar refractivity (Wildman–Crippen MR) is 86.3 cm³/mol. The molecule has 1 aromatic heterocycles. The van der Waals surface area contributed by atoms with E-state index in [1.54, 1.807) is 13.2 Å². The Balaban J connectivity index is 2.70. The largest absolute Gasteiger partial charge is 0.496 e. The molecule has 1 aromatic carbocycles. The maximum absolute atomic E-state index is 11.8. The number of H-pyrrole nitrogens is 1. The number of hydrogen-bond acceptors (Lipinski definition) is 4. The molecule has 2 aromatic rings. The summed E-state index contributed by atoms with van der Waals surface area (Å²) < 4.78 is 7.70. The normalized spacial score (nSPS) is 10.6. The van der Waals surface area contributed by atoms with Crippen molar-refractivity contribution in [2.45, 2.75) is 19.9 Å². The van der Waals surface area contributed by atoms with E-state index in [1.807, 2.05) is 29.7 Å². The molecule has 0 atom stereocenters. The van der Waals surface area contributed by atoms with Crippen molar-refractivity contribution in [1.82, 2.24) is 9.55 Å². The van der Waals surface area contributed by atoms with Gasteiger partial charge in [0, 0.05) is 18.2 Å². The summed E-state index contributed by atoms with van der Waals surface area (Å²) >= 11 is 5.28. The van der Waals surface area contributed by atoms with Crippen molar-refractivity contribution in [2.24, 2.45) is 5.73 Å². The van der Waals surface area contributed by atoms with E-state index in [0.29, 0.717) is 23.6 Å². The van der Waals surface area contributed by atoms with Crippen LogP contribution in [0.5, 0.6) is 5.75 Å². The Labute approximate surface area is 128 Å². The maximum Gasteiger partial charge on any atom is 0.252 e. The molecular formula is C15H19N3O2S. The van der Waals surface area contributed by atoms with Gasteiger partial charge in [-0.3, -0.25) is 9.78 Å². The number of nitrogens with one attached hydrogen (secondary N) is 1. The maximum atomic E-state index is 11.8. The van der Waals surface area contributed by atoms with Gasteiger partial charge < -0.3 is 15.0 Å². The Morgan fingerprint density at radius 2 is 2.14 bits per heavy atom. The molecule has 0 radical (unpaired) electrons. The second kappa shape index (κ2) is 6.69. The Bertz CT molecular complexity index is 749. The molecule has 0 saturated heterocycles. The second-order valence-corrected chi connectivity index (χ2v) is 5.21.